The lowest BCUT2D eigenvalue weighted by atomic mass is 10.2. The number of rotatable bonds is 3. The molecule has 1 atom stereocenters. The number of halogens is 3. The largest absolute Gasteiger partial charge is 0.404 e. The third-order valence-electron chi connectivity index (χ3n) is 1.15. The Morgan fingerprint density at radius 3 is 2.18 bits per heavy atom. The van der Waals surface area contributed by atoms with E-state index in [2.05, 4.69) is 5.73 Å². The normalized spacial score (nSPS) is 14.5. The number of carbonyl (C=O) groups excluding carboxylic acids is 1. The first kappa shape index (κ1) is 10.2. The fourth-order valence-corrected chi connectivity index (χ4v) is 0.583. The third-order valence-corrected chi connectivity index (χ3v) is 1.15. The number of carbonyl (C=O) groups is 1. The summed E-state index contributed by atoms with van der Waals surface area (Å²) in [4.78, 5) is 10.1. The van der Waals surface area contributed by atoms with Crippen LogP contribution in [0.3, 0.4) is 0 Å². The summed E-state index contributed by atoms with van der Waals surface area (Å²) in [6.07, 6.45) is -5.14. The lowest BCUT2D eigenvalue weighted by molar-refractivity contribution is -0.159. The molecular weight excluding hydrogens is 161 g/mol. The van der Waals surface area contributed by atoms with Crippen LogP contribution in [0.25, 0.3) is 0 Å². The van der Waals surface area contributed by atoms with Gasteiger partial charge in [-0.3, -0.25) is 4.79 Å². The van der Waals surface area contributed by atoms with Crippen LogP contribution in [0.2, 0.25) is 0 Å². The molecule has 6 heteroatoms. The number of nitrogens with two attached hydrogens (primary N) is 1. The first-order valence-corrected chi connectivity index (χ1v) is 2.90. The van der Waals surface area contributed by atoms with E-state index >= 15 is 0 Å². The quantitative estimate of drug-likeness (QED) is 0.627. The van der Waals surface area contributed by atoms with Gasteiger partial charge in [0.2, 0.25) is 5.91 Å². The van der Waals surface area contributed by atoms with Crippen molar-refractivity contribution in [3.05, 3.63) is 0 Å². The molecule has 0 unspecified atom stereocenters. The molecule has 0 saturated carbocycles. The number of hydrogen-bond donors (Lipinski definition) is 2. The highest BCUT2D eigenvalue weighted by atomic mass is 19.4. The molecule has 0 aliphatic carbocycles. The SMILES string of the molecule is CN[C@@H](CC(N)=O)C(F)(F)F. The molecule has 0 fully saturated rings. The van der Waals surface area contributed by atoms with Gasteiger partial charge in [0.25, 0.3) is 0 Å². The van der Waals surface area contributed by atoms with E-state index in [1.165, 1.54) is 0 Å². The van der Waals surface area contributed by atoms with Crippen molar-refractivity contribution in [1.29, 1.82) is 0 Å². The van der Waals surface area contributed by atoms with Crippen molar-refractivity contribution in [3.63, 3.8) is 0 Å². The Kier molecular flexibility index (Phi) is 3.31. The molecule has 0 aromatic heterocycles. The summed E-state index contributed by atoms with van der Waals surface area (Å²) in [7, 11) is 1.13. The van der Waals surface area contributed by atoms with Crippen LogP contribution in [-0.4, -0.2) is 25.2 Å². The zero-order valence-corrected chi connectivity index (χ0v) is 5.90. The number of alkyl halides is 3. The summed E-state index contributed by atoms with van der Waals surface area (Å²) in [5, 5.41) is 1.95. The first-order valence-electron chi connectivity index (χ1n) is 2.90. The van der Waals surface area contributed by atoms with E-state index in [1.807, 2.05) is 5.32 Å². The minimum absolute atomic E-state index is 0.722. The summed E-state index contributed by atoms with van der Waals surface area (Å²) in [5.74, 6) is -0.971. The van der Waals surface area contributed by atoms with Crippen LogP contribution in [0.5, 0.6) is 0 Å². The summed E-state index contributed by atoms with van der Waals surface area (Å²) in [6, 6.07) is -1.83. The van der Waals surface area contributed by atoms with Crippen LogP contribution < -0.4 is 11.1 Å². The summed E-state index contributed by atoms with van der Waals surface area (Å²) >= 11 is 0. The second kappa shape index (κ2) is 3.56. The highest BCUT2D eigenvalue weighted by molar-refractivity contribution is 5.74. The van der Waals surface area contributed by atoms with Crippen LogP contribution >= 0.6 is 0 Å². The Labute approximate surface area is 61.7 Å². The van der Waals surface area contributed by atoms with Gasteiger partial charge >= 0.3 is 6.18 Å². The van der Waals surface area contributed by atoms with Gasteiger partial charge in [-0.1, -0.05) is 0 Å². The van der Waals surface area contributed by atoms with Crippen molar-refractivity contribution in [2.45, 2.75) is 18.6 Å². The van der Waals surface area contributed by atoms with E-state index in [4.69, 9.17) is 0 Å². The minimum atomic E-state index is -4.41. The van der Waals surface area contributed by atoms with Gasteiger partial charge in [0.15, 0.2) is 0 Å². The highest BCUT2D eigenvalue weighted by Gasteiger charge is 2.39. The van der Waals surface area contributed by atoms with E-state index in [-0.39, 0.29) is 0 Å². The molecule has 0 bridgehead atoms. The molecule has 0 aliphatic heterocycles. The van der Waals surface area contributed by atoms with Gasteiger partial charge in [0.1, 0.15) is 6.04 Å². The van der Waals surface area contributed by atoms with Crippen molar-refractivity contribution in [1.82, 2.24) is 5.32 Å². The van der Waals surface area contributed by atoms with Gasteiger partial charge < -0.3 is 11.1 Å². The molecule has 11 heavy (non-hydrogen) atoms. The Morgan fingerprint density at radius 2 is 2.09 bits per heavy atom. The van der Waals surface area contributed by atoms with Crippen molar-refractivity contribution in [2.24, 2.45) is 5.73 Å². The van der Waals surface area contributed by atoms with Gasteiger partial charge in [-0.2, -0.15) is 13.2 Å². The zero-order chi connectivity index (χ0) is 9.07. The number of nitrogens with one attached hydrogen (secondary N) is 1. The molecule has 3 N–H and O–H groups in total. The van der Waals surface area contributed by atoms with Crippen LogP contribution in [0, 0.1) is 0 Å². The molecule has 0 aromatic rings. The maximum absolute atomic E-state index is 11.8. The number of hydrogen-bond acceptors (Lipinski definition) is 2. The van der Waals surface area contributed by atoms with Gasteiger partial charge in [-0.15, -0.1) is 0 Å². The summed E-state index contributed by atoms with van der Waals surface area (Å²) in [5.41, 5.74) is 4.59. The van der Waals surface area contributed by atoms with Crippen molar-refractivity contribution in [3.8, 4) is 0 Å². The average Bonchev–Trinajstić information content (AvgIpc) is 1.79. The van der Waals surface area contributed by atoms with Crippen molar-refractivity contribution in [2.75, 3.05) is 7.05 Å². The van der Waals surface area contributed by atoms with Gasteiger partial charge in [-0.25, -0.2) is 0 Å². The molecule has 0 heterocycles. The zero-order valence-electron chi connectivity index (χ0n) is 5.90. The standard InChI is InChI=1S/C5H9F3N2O/c1-10-3(2-4(9)11)5(6,7)8/h3,10H,2H2,1H3,(H2,9,11)/t3-/m0/s1. The maximum Gasteiger partial charge on any atom is 0.404 e. The van der Waals surface area contributed by atoms with Crippen molar-refractivity contribution < 1.29 is 18.0 Å². The molecule has 0 saturated heterocycles. The van der Waals surface area contributed by atoms with Gasteiger partial charge in [0, 0.05) is 0 Å². The molecule has 0 aliphatic rings. The Balaban J connectivity index is 4.07. The fourth-order valence-electron chi connectivity index (χ4n) is 0.583. The smallest absolute Gasteiger partial charge is 0.370 e. The van der Waals surface area contributed by atoms with E-state index in [0.29, 0.717) is 0 Å². The predicted octanol–water partition coefficient (Wildman–Crippen LogP) is 0.0121. The molecule has 1 amide bonds. The van der Waals surface area contributed by atoms with Crippen LogP contribution in [-0.2, 0) is 4.79 Å². The van der Waals surface area contributed by atoms with E-state index in [1.54, 1.807) is 0 Å². The number of amides is 1. The first-order chi connectivity index (χ1) is 4.88. The average molecular weight is 170 g/mol. The van der Waals surface area contributed by atoms with E-state index < -0.39 is 24.5 Å². The molecule has 0 rings (SSSR count). The number of primary amides is 1. The summed E-state index contributed by atoms with van der Waals surface area (Å²) < 4.78 is 35.4. The maximum atomic E-state index is 11.8. The molecule has 0 radical (unpaired) electrons. The second-order valence-corrected chi connectivity index (χ2v) is 2.05. The van der Waals surface area contributed by atoms with Gasteiger partial charge in [0.05, 0.1) is 6.42 Å². The molecule has 0 aromatic carbocycles. The molecule has 3 nitrogen and oxygen atoms in total. The van der Waals surface area contributed by atoms with Crippen molar-refractivity contribution >= 4 is 5.91 Å². The predicted molar refractivity (Wildman–Crippen MR) is 32.7 cm³/mol. The minimum Gasteiger partial charge on any atom is -0.370 e. The Morgan fingerprint density at radius 1 is 1.64 bits per heavy atom. The highest BCUT2D eigenvalue weighted by Crippen LogP contribution is 2.21. The molecular formula is C5H9F3N2O. The van der Waals surface area contributed by atoms with Crippen LogP contribution in [0.4, 0.5) is 13.2 Å². The fraction of sp³-hybridized carbons (Fsp3) is 0.800. The van der Waals surface area contributed by atoms with E-state index in [0.717, 1.165) is 7.05 Å². The summed E-state index contributed by atoms with van der Waals surface area (Å²) in [6.45, 7) is 0. The molecule has 0 spiro atoms. The lowest BCUT2D eigenvalue weighted by Gasteiger charge is -2.17. The molecule has 66 valence electrons. The van der Waals surface area contributed by atoms with Crippen LogP contribution in [0.1, 0.15) is 6.42 Å². The second-order valence-electron chi connectivity index (χ2n) is 2.05. The van der Waals surface area contributed by atoms with E-state index in [9.17, 15) is 18.0 Å². The van der Waals surface area contributed by atoms with Crippen LogP contribution in [0.15, 0.2) is 0 Å². The lowest BCUT2D eigenvalue weighted by Crippen LogP contribution is -2.42. The third kappa shape index (κ3) is 3.82. The Bertz CT molecular complexity index is 145. The monoisotopic (exact) mass is 170 g/mol. The topological polar surface area (TPSA) is 55.1 Å². The van der Waals surface area contributed by atoms with Gasteiger partial charge in [-0.05, 0) is 7.05 Å². The Hall–Kier alpha value is -0.780.